The Balaban J connectivity index is 0.00000168. The molecule has 1 fully saturated rings. The van der Waals surface area contributed by atoms with Crippen LogP contribution in [0.4, 0.5) is 0 Å². The predicted octanol–water partition coefficient (Wildman–Crippen LogP) is 2.93. The molecule has 3 aliphatic carbocycles. The van der Waals surface area contributed by atoms with Crippen LogP contribution in [0, 0.1) is 11.3 Å². The standard InChI is InChI=1S/C27H31N3O6.2ClH/c1-33-23-14-27-19-12-18(31)13-22-24(19)26(36-16-35-22)20(27)11-17(25(32)21(27)15-30(23)34-2)5-3-8-29-9-4-6-28-7-10-29;;/h11-15,17,28H,3-10,16H2,1-2H3;2*1H. The summed E-state index contributed by atoms with van der Waals surface area (Å²) in [4.78, 5) is 34.7. The van der Waals surface area contributed by atoms with Crippen LogP contribution in [0.25, 0.3) is 0 Å². The van der Waals surface area contributed by atoms with E-state index in [1.54, 1.807) is 19.4 Å². The molecule has 6 rings (SSSR count). The van der Waals surface area contributed by atoms with Gasteiger partial charge in [-0.25, -0.2) is 0 Å². The van der Waals surface area contributed by atoms with Crippen molar-refractivity contribution in [1.29, 1.82) is 0 Å². The van der Waals surface area contributed by atoms with Gasteiger partial charge in [-0.3, -0.25) is 14.4 Å². The van der Waals surface area contributed by atoms with Crippen molar-refractivity contribution in [2.45, 2.75) is 19.3 Å². The number of carbonyl (C=O) groups is 2. The average Bonchev–Trinajstić information content (AvgIpc) is 3.03. The first-order valence-corrected chi connectivity index (χ1v) is 12.6. The number of ketones is 2. The molecule has 1 N–H and O–H groups in total. The van der Waals surface area contributed by atoms with Gasteiger partial charge in [0.05, 0.1) is 25.2 Å². The first kappa shape index (κ1) is 28.4. The van der Waals surface area contributed by atoms with Gasteiger partial charge in [0.15, 0.2) is 11.6 Å². The number of carbonyl (C=O) groups excluding carboxylic acids is 2. The highest BCUT2D eigenvalue weighted by Gasteiger charge is 2.59. The van der Waals surface area contributed by atoms with Crippen LogP contribution in [0.5, 0.6) is 0 Å². The number of nitrogens with one attached hydrogen (secondary N) is 1. The lowest BCUT2D eigenvalue weighted by Crippen LogP contribution is -2.41. The molecule has 9 nitrogen and oxygen atoms in total. The van der Waals surface area contributed by atoms with Crippen LogP contribution in [-0.2, 0) is 28.6 Å². The van der Waals surface area contributed by atoms with Gasteiger partial charge in [-0.1, -0.05) is 6.08 Å². The van der Waals surface area contributed by atoms with E-state index in [1.165, 1.54) is 18.2 Å². The van der Waals surface area contributed by atoms with Gasteiger partial charge >= 0.3 is 0 Å². The zero-order valence-electron chi connectivity index (χ0n) is 21.5. The van der Waals surface area contributed by atoms with Crippen molar-refractivity contribution in [1.82, 2.24) is 15.3 Å². The molecule has 2 unspecified atom stereocenters. The van der Waals surface area contributed by atoms with Gasteiger partial charge in [0.2, 0.25) is 12.7 Å². The number of hydroxylamine groups is 2. The summed E-state index contributed by atoms with van der Waals surface area (Å²) in [7, 11) is 3.08. The summed E-state index contributed by atoms with van der Waals surface area (Å²) < 4.78 is 17.4. The lowest BCUT2D eigenvalue weighted by Gasteiger charge is -2.42. The zero-order chi connectivity index (χ0) is 24.9. The smallest absolute Gasteiger partial charge is 0.230 e. The third kappa shape index (κ3) is 4.40. The molecule has 0 amide bonds. The zero-order valence-corrected chi connectivity index (χ0v) is 23.1. The Bertz CT molecular complexity index is 1200. The van der Waals surface area contributed by atoms with Crippen molar-refractivity contribution in [3.63, 3.8) is 0 Å². The van der Waals surface area contributed by atoms with Gasteiger partial charge in [-0.15, -0.1) is 24.8 Å². The van der Waals surface area contributed by atoms with Crippen molar-refractivity contribution >= 4 is 36.4 Å². The maximum atomic E-state index is 14.0. The molecule has 1 saturated heterocycles. The number of halogens is 2. The Morgan fingerprint density at radius 2 is 1.92 bits per heavy atom. The SMILES string of the molecule is COC1=CC23C(=CN1OC)C(=O)C(CCCN1CCCNCC1)C=C2C1=C2C(=CC(=O)C=C23)OCO1.Cl.Cl. The molecule has 0 saturated carbocycles. The maximum Gasteiger partial charge on any atom is 0.230 e. The molecule has 1 spiro atoms. The van der Waals surface area contributed by atoms with Gasteiger partial charge in [0, 0.05) is 42.4 Å². The molecule has 0 bridgehead atoms. The third-order valence-electron chi connectivity index (χ3n) is 7.84. The molecule has 0 radical (unpaired) electrons. The summed E-state index contributed by atoms with van der Waals surface area (Å²) >= 11 is 0. The molecular formula is C27H33Cl2N3O6. The summed E-state index contributed by atoms with van der Waals surface area (Å²) in [5, 5.41) is 4.90. The van der Waals surface area contributed by atoms with E-state index in [0.29, 0.717) is 28.5 Å². The molecule has 206 valence electrons. The van der Waals surface area contributed by atoms with Crippen LogP contribution < -0.4 is 5.32 Å². The van der Waals surface area contributed by atoms with Gasteiger partial charge in [0.1, 0.15) is 11.5 Å². The molecule has 38 heavy (non-hydrogen) atoms. The molecular weight excluding hydrogens is 533 g/mol. The van der Waals surface area contributed by atoms with Gasteiger partial charge in [-0.2, -0.15) is 5.06 Å². The third-order valence-corrected chi connectivity index (χ3v) is 7.84. The first-order chi connectivity index (χ1) is 17.6. The van der Waals surface area contributed by atoms with Crippen LogP contribution in [0.15, 0.2) is 70.2 Å². The largest absolute Gasteiger partial charge is 0.481 e. The highest BCUT2D eigenvalue weighted by Crippen LogP contribution is 2.63. The van der Waals surface area contributed by atoms with Crippen LogP contribution in [0.1, 0.15) is 19.3 Å². The molecule has 3 aliphatic heterocycles. The van der Waals surface area contributed by atoms with Crippen LogP contribution >= 0.6 is 24.8 Å². The Morgan fingerprint density at radius 1 is 1.08 bits per heavy atom. The fourth-order valence-corrected chi connectivity index (χ4v) is 6.17. The van der Waals surface area contributed by atoms with Crippen molar-refractivity contribution in [3.8, 4) is 0 Å². The van der Waals surface area contributed by atoms with Gasteiger partial charge in [0.25, 0.3) is 0 Å². The minimum Gasteiger partial charge on any atom is -0.481 e. The second kappa shape index (κ2) is 11.3. The second-order valence-corrected chi connectivity index (χ2v) is 9.76. The predicted molar refractivity (Wildman–Crippen MR) is 144 cm³/mol. The van der Waals surface area contributed by atoms with Gasteiger partial charge < -0.3 is 24.4 Å². The minimum atomic E-state index is -0.988. The van der Waals surface area contributed by atoms with E-state index in [-0.39, 0.29) is 49.1 Å². The second-order valence-electron chi connectivity index (χ2n) is 9.76. The molecule has 0 aromatic carbocycles. The summed E-state index contributed by atoms with van der Waals surface area (Å²) in [6.07, 6.45) is 11.5. The monoisotopic (exact) mass is 565 g/mol. The number of Topliss-reactive ketones (excluding diaryl/α,β-unsaturated/α-hetero) is 1. The Hall–Kier alpha value is -2.56. The van der Waals surface area contributed by atoms with E-state index in [1.807, 2.05) is 12.2 Å². The minimum absolute atomic E-state index is 0. The van der Waals surface area contributed by atoms with Crippen molar-refractivity contribution in [3.05, 3.63) is 70.2 Å². The van der Waals surface area contributed by atoms with Gasteiger partial charge in [-0.05, 0) is 56.6 Å². The first-order valence-electron chi connectivity index (χ1n) is 12.6. The number of hydrogen-bond acceptors (Lipinski definition) is 9. The van der Waals surface area contributed by atoms with Crippen molar-refractivity contribution in [2.24, 2.45) is 11.3 Å². The summed E-state index contributed by atoms with van der Waals surface area (Å²) in [6, 6.07) is 0. The Morgan fingerprint density at radius 3 is 2.71 bits per heavy atom. The van der Waals surface area contributed by atoms with Crippen molar-refractivity contribution < 1.29 is 28.6 Å². The lowest BCUT2D eigenvalue weighted by atomic mass is 9.62. The van der Waals surface area contributed by atoms with E-state index in [2.05, 4.69) is 10.2 Å². The normalized spacial score (nSPS) is 27.9. The van der Waals surface area contributed by atoms with Crippen LogP contribution in [0.2, 0.25) is 0 Å². The Labute approximate surface area is 234 Å². The number of allylic oxidation sites excluding steroid dienone is 7. The lowest BCUT2D eigenvalue weighted by molar-refractivity contribution is -0.122. The Kier molecular flexibility index (Phi) is 8.44. The summed E-state index contributed by atoms with van der Waals surface area (Å²) in [5.74, 6) is 1.13. The fraction of sp³-hybridized carbons (Fsp3) is 0.481. The number of methoxy groups -OCH3 is 1. The average molecular weight is 566 g/mol. The van der Waals surface area contributed by atoms with E-state index in [4.69, 9.17) is 19.0 Å². The van der Waals surface area contributed by atoms with E-state index in [9.17, 15) is 9.59 Å². The topological polar surface area (TPSA) is 89.6 Å². The van der Waals surface area contributed by atoms with E-state index < -0.39 is 5.41 Å². The molecule has 3 heterocycles. The number of hydrogen-bond donors (Lipinski definition) is 1. The molecule has 2 atom stereocenters. The molecule has 6 aliphatic rings. The highest BCUT2D eigenvalue weighted by atomic mass is 35.5. The number of nitrogens with zero attached hydrogens (tertiary/aromatic N) is 2. The van der Waals surface area contributed by atoms with E-state index in [0.717, 1.165) is 63.1 Å². The maximum absolute atomic E-state index is 14.0. The van der Waals surface area contributed by atoms with Crippen LogP contribution in [0.3, 0.4) is 0 Å². The molecule has 11 heteroatoms. The van der Waals surface area contributed by atoms with Crippen molar-refractivity contribution in [2.75, 3.05) is 53.7 Å². The van der Waals surface area contributed by atoms with Crippen LogP contribution in [-0.4, -0.2) is 75.3 Å². The molecule has 0 aromatic rings. The number of fused-ring (bicyclic) bond motifs is 1. The number of rotatable bonds is 6. The highest BCUT2D eigenvalue weighted by molar-refractivity contribution is 6.09. The molecule has 0 aromatic heterocycles. The number of ether oxygens (including phenoxy) is 3. The van der Waals surface area contributed by atoms with E-state index >= 15 is 0 Å². The fourth-order valence-electron chi connectivity index (χ4n) is 6.17. The summed E-state index contributed by atoms with van der Waals surface area (Å²) in [5.41, 5.74) is 1.85. The quantitative estimate of drug-likeness (QED) is 0.522. The summed E-state index contributed by atoms with van der Waals surface area (Å²) in [6.45, 7) is 5.15.